The molecule has 0 aliphatic carbocycles. The van der Waals surface area contributed by atoms with Gasteiger partial charge in [-0.2, -0.15) is 5.10 Å². The van der Waals surface area contributed by atoms with Gasteiger partial charge in [-0.1, -0.05) is 47.0 Å². The molecule has 3 aromatic rings. The Morgan fingerprint density at radius 1 is 1.08 bits per heavy atom. The topological polar surface area (TPSA) is 64.0 Å². The van der Waals surface area contributed by atoms with E-state index >= 15 is 0 Å². The highest BCUT2D eigenvalue weighted by Crippen LogP contribution is 2.22. The van der Waals surface area contributed by atoms with Crippen molar-refractivity contribution in [2.24, 2.45) is 0 Å². The molecule has 3 rings (SSSR count). The lowest BCUT2D eigenvalue weighted by atomic mass is 10.2. The second-order valence-corrected chi connectivity index (χ2v) is 8.08. The van der Waals surface area contributed by atoms with E-state index in [-0.39, 0.29) is 10.7 Å². The number of aryl methyl sites for hydroxylation is 1. The van der Waals surface area contributed by atoms with Gasteiger partial charge in [0.2, 0.25) is 0 Å². The number of sulfonamides is 1. The number of aromatic nitrogens is 2. The van der Waals surface area contributed by atoms with Crippen LogP contribution in [0.15, 0.2) is 59.6 Å². The van der Waals surface area contributed by atoms with E-state index in [1.807, 2.05) is 13.0 Å². The summed E-state index contributed by atoms with van der Waals surface area (Å²) in [6.45, 7) is 2.30. The van der Waals surface area contributed by atoms with Gasteiger partial charge in [0.1, 0.15) is 0 Å². The minimum absolute atomic E-state index is 0.188. The molecule has 0 fully saturated rings. The van der Waals surface area contributed by atoms with Crippen LogP contribution in [0.2, 0.25) is 10.0 Å². The molecule has 0 aliphatic rings. The lowest BCUT2D eigenvalue weighted by Crippen LogP contribution is -2.13. The van der Waals surface area contributed by atoms with Crippen molar-refractivity contribution in [3.63, 3.8) is 0 Å². The van der Waals surface area contributed by atoms with E-state index in [1.165, 1.54) is 0 Å². The summed E-state index contributed by atoms with van der Waals surface area (Å²) in [7, 11) is -3.67. The average Bonchev–Trinajstić information content (AvgIpc) is 2.97. The maximum atomic E-state index is 12.4. The van der Waals surface area contributed by atoms with Gasteiger partial charge in [0, 0.05) is 22.3 Å². The lowest BCUT2D eigenvalue weighted by molar-refractivity contribution is 0.600. The first-order chi connectivity index (χ1) is 11.8. The largest absolute Gasteiger partial charge is 0.266 e. The van der Waals surface area contributed by atoms with Gasteiger partial charge >= 0.3 is 0 Å². The van der Waals surface area contributed by atoms with E-state index in [0.29, 0.717) is 16.6 Å². The molecule has 130 valence electrons. The maximum Gasteiger partial charge on any atom is 0.263 e. The number of hydrogen-bond acceptors (Lipinski definition) is 3. The smallest absolute Gasteiger partial charge is 0.263 e. The van der Waals surface area contributed by atoms with Gasteiger partial charge in [0.25, 0.3) is 10.0 Å². The normalized spacial score (nSPS) is 11.5. The Hall–Kier alpha value is -2.02. The van der Waals surface area contributed by atoms with E-state index in [9.17, 15) is 8.42 Å². The number of rotatable bonds is 5. The van der Waals surface area contributed by atoms with Gasteiger partial charge in [0.15, 0.2) is 5.82 Å². The second kappa shape index (κ2) is 7.07. The first kappa shape index (κ1) is 17.8. The molecule has 0 aliphatic heterocycles. The monoisotopic (exact) mass is 395 g/mol. The molecule has 2 aromatic carbocycles. The Bertz CT molecular complexity index is 999. The first-order valence-corrected chi connectivity index (χ1v) is 9.64. The van der Waals surface area contributed by atoms with Crippen LogP contribution in [0, 0.1) is 6.92 Å². The number of nitrogens with one attached hydrogen (secondary N) is 1. The summed E-state index contributed by atoms with van der Waals surface area (Å²) in [6, 6.07) is 13.4. The molecule has 0 amide bonds. The molecular formula is C17H15Cl2N3O2S. The van der Waals surface area contributed by atoms with E-state index < -0.39 is 10.0 Å². The molecule has 1 N–H and O–H groups in total. The zero-order chi connectivity index (χ0) is 18.0. The van der Waals surface area contributed by atoms with E-state index in [2.05, 4.69) is 9.82 Å². The summed E-state index contributed by atoms with van der Waals surface area (Å²) in [6.07, 6.45) is 1.68. The van der Waals surface area contributed by atoms with E-state index in [4.69, 9.17) is 23.2 Å². The molecule has 25 heavy (non-hydrogen) atoms. The number of halogens is 2. The minimum atomic E-state index is -3.67. The van der Waals surface area contributed by atoms with Crippen molar-refractivity contribution in [2.45, 2.75) is 18.4 Å². The molecule has 0 spiro atoms. The van der Waals surface area contributed by atoms with Crippen molar-refractivity contribution in [3.05, 3.63) is 75.9 Å². The van der Waals surface area contributed by atoms with Crippen LogP contribution in [0.5, 0.6) is 0 Å². The van der Waals surface area contributed by atoms with Gasteiger partial charge in [-0.25, -0.2) is 8.42 Å². The lowest BCUT2D eigenvalue weighted by Gasteiger charge is -2.07. The predicted octanol–water partition coefficient (Wildman–Crippen LogP) is 4.35. The Balaban J connectivity index is 1.76. The summed E-state index contributed by atoms with van der Waals surface area (Å²) in [5, 5.41) is 5.32. The zero-order valence-corrected chi connectivity index (χ0v) is 15.6. The zero-order valence-electron chi connectivity index (χ0n) is 13.3. The fraction of sp³-hybridized carbons (Fsp3) is 0.118. The van der Waals surface area contributed by atoms with Gasteiger partial charge in [-0.3, -0.25) is 9.40 Å². The second-order valence-electron chi connectivity index (χ2n) is 5.55. The van der Waals surface area contributed by atoms with E-state index in [1.54, 1.807) is 53.3 Å². The summed E-state index contributed by atoms with van der Waals surface area (Å²) in [5.41, 5.74) is 1.82. The number of anilines is 1. The Morgan fingerprint density at radius 2 is 1.80 bits per heavy atom. The fourth-order valence-electron chi connectivity index (χ4n) is 2.24. The molecule has 0 radical (unpaired) electrons. The Kier molecular flexibility index (Phi) is 5.03. The molecule has 1 aromatic heterocycles. The van der Waals surface area contributed by atoms with Crippen molar-refractivity contribution < 1.29 is 8.42 Å². The Morgan fingerprint density at radius 3 is 2.48 bits per heavy atom. The number of hydrogen-bond donors (Lipinski definition) is 1. The number of benzene rings is 2. The van der Waals surface area contributed by atoms with Crippen LogP contribution in [0.3, 0.4) is 0 Å². The standard InChI is InChI=1S/C17H15Cl2N3O2S/c1-12-2-6-15(7-3-12)25(23,24)21-17-8-9-22(20-17)11-13-4-5-14(18)10-16(13)19/h2-10H,11H2,1H3,(H,20,21). The highest BCUT2D eigenvalue weighted by molar-refractivity contribution is 7.92. The summed E-state index contributed by atoms with van der Waals surface area (Å²) in [4.78, 5) is 0.188. The molecule has 0 atom stereocenters. The van der Waals surface area contributed by atoms with Crippen molar-refractivity contribution in [1.82, 2.24) is 9.78 Å². The molecule has 1 heterocycles. The van der Waals surface area contributed by atoms with Gasteiger partial charge in [-0.05, 0) is 36.8 Å². The van der Waals surface area contributed by atoms with Crippen LogP contribution in [0.4, 0.5) is 5.82 Å². The molecule has 0 saturated heterocycles. The number of nitrogens with zero attached hydrogens (tertiary/aromatic N) is 2. The highest BCUT2D eigenvalue weighted by Gasteiger charge is 2.15. The van der Waals surface area contributed by atoms with Gasteiger partial charge in [0.05, 0.1) is 11.4 Å². The summed E-state index contributed by atoms with van der Waals surface area (Å²) >= 11 is 12.0. The third-order valence-electron chi connectivity index (χ3n) is 3.56. The average molecular weight is 396 g/mol. The third-order valence-corrected chi connectivity index (χ3v) is 5.52. The van der Waals surface area contributed by atoms with Crippen LogP contribution in [-0.4, -0.2) is 18.2 Å². The molecule has 0 unspecified atom stereocenters. The van der Waals surface area contributed by atoms with Crippen LogP contribution in [0.1, 0.15) is 11.1 Å². The Labute approximate surface area is 156 Å². The third kappa shape index (κ3) is 4.34. The predicted molar refractivity (Wildman–Crippen MR) is 99.8 cm³/mol. The van der Waals surface area contributed by atoms with Crippen LogP contribution in [-0.2, 0) is 16.6 Å². The molecule has 0 bridgehead atoms. The molecule has 8 heteroatoms. The van der Waals surface area contributed by atoms with Crippen molar-refractivity contribution in [2.75, 3.05) is 4.72 Å². The highest BCUT2D eigenvalue weighted by atomic mass is 35.5. The fourth-order valence-corrected chi connectivity index (χ4v) is 3.71. The van der Waals surface area contributed by atoms with Gasteiger partial charge in [-0.15, -0.1) is 0 Å². The van der Waals surface area contributed by atoms with E-state index in [0.717, 1.165) is 11.1 Å². The summed E-state index contributed by atoms with van der Waals surface area (Å²) in [5.74, 6) is 0.241. The van der Waals surface area contributed by atoms with Crippen molar-refractivity contribution >= 4 is 39.0 Å². The molecular weight excluding hydrogens is 381 g/mol. The SMILES string of the molecule is Cc1ccc(S(=O)(=O)Nc2ccn(Cc3ccc(Cl)cc3Cl)n2)cc1. The summed E-state index contributed by atoms with van der Waals surface area (Å²) < 4.78 is 28.8. The van der Waals surface area contributed by atoms with Crippen LogP contribution in [0.25, 0.3) is 0 Å². The van der Waals surface area contributed by atoms with Crippen LogP contribution < -0.4 is 4.72 Å². The minimum Gasteiger partial charge on any atom is -0.266 e. The van der Waals surface area contributed by atoms with Crippen LogP contribution >= 0.6 is 23.2 Å². The quantitative estimate of drug-likeness (QED) is 0.698. The van der Waals surface area contributed by atoms with Crippen molar-refractivity contribution in [1.29, 1.82) is 0 Å². The first-order valence-electron chi connectivity index (χ1n) is 7.40. The maximum absolute atomic E-state index is 12.4. The molecule has 0 saturated carbocycles. The molecule has 5 nitrogen and oxygen atoms in total. The van der Waals surface area contributed by atoms with Crippen molar-refractivity contribution in [3.8, 4) is 0 Å². The van der Waals surface area contributed by atoms with Gasteiger partial charge < -0.3 is 0 Å².